The molecule has 0 radical (unpaired) electrons. The monoisotopic (exact) mass is 404 g/mol. The van der Waals surface area contributed by atoms with Crippen LogP contribution in [-0.2, 0) is 9.59 Å². The first-order valence-corrected chi connectivity index (χ1v) is 10.3. The van der Waals surface area contributed by atoms with Gasteiger partial charge in [0.25, 0.3) is 0 Å². The molecule has 1 aromatic carbocycles. The number of aromatic amines is 1. The van der Waals surface area contributed by atoms with E-state index < -0.39 is 12.1 Å². The van der Waals surface area contributed by atoms with Gasteiger partial charge in [0.15, 0.2) is 0 Å². The summed E-state index contributed by atoms with van der Waals surface area (Å²) in [5, 5.41) is 7.19. The molecule has 5 rings (SSSR count). The van der Waals surface area contributed by atoms with Gasteiger partial charge in [-0.3, -0.25) is 9.59 Å². The van der Waals surface area contributed by atoms with Crippen molar-refractivity contribution in [3.05, 3.63) is 48.4 Å². The van der Waals surface area contributed by atoms with Gasteiger partial charge in [-0.1, -0.05) is 12.1 Å². The second kappa shape index (κ2) is 7.53. The summed E-state index contributed by atoms with van der Waals surface area (Å²) in [6, 6.07) is 9.26. The van der Waals surface area contributed by atoms with Crippen LogP contribution in [0.3, 0.4) is 0 Å². The normalized spacial score (nSPS) is 24.2. The van der Waals surface area contributed by atoms with Crippen molar-refractivity contribution < 1.29 is 9.59 Å². The third-order valence-electron chi connectivity index (χ3n) is 6.19. The van der Waals surface area contributed by atoms with Crippen LogP contribution in [0.4, 0.5) is 11.5 Å². The number of aromatic nitrogens is 3. The lowest BCUT2D eigenvalue weighted by Gasteiger charge is -2.35. The third-order valence-corrected chi connectivity index (χ3v) is 6.19. The molecule has 3 aromatic rings. The Morgan fingerprint density at radius 3 is 2.87 bits per heavy atom. The molecule has 2 aliphatic rings. The van der Waals surface area contributed by atoms with Gasteiger partial charge in [0.05, 0.1) is 5.39 Å². The molecule has 2 aromatic heterocycles. The molecule has 154 valence electrons. The molecule has 30 heavy (non-hydrogen) atoms. The molecule has 3 unspecified atom stereocenters. The Kier molecular flexibility index (Phi) is 4.71. The number of rotatable bonds is 5. The van der Waals surface area contributed by atoms with Crippen LogP contribution in [0.25, 0.3) is 11.0 Å². The maximum atomic E-state index is 11.9. The predicted molar refractivity (Wildman–Crippen MR) is 115 cm³/mol. The van der Waals surface area contributed by atoms with E-state index >= 15 is 0 Å². The number of anilines is 2. The molecule has 0 bridgehead atoms. The molecule has 2 fully saturated rings. The van der Waals surface area contributed by atoms with E-state index in [9.17, 15) is 9.59 Å². The van der Waals surface area contributed by atoms with Crippen LogP contribution >= 0.6 is 0 Å². The summed E-state index contributed by atoms with van der Waals surface area (Å²) in [6.45, 7) is 1.84. The minimum Gasteiger partial charge on any atom is -0.373 e. The molecule has 3 heterocycles. The fourth-order valence-electron chi connectivity index (χ4n) is 4.57. The Morgan fingerprint density at radius 1 is 1.13 bits per heavy atom. The molecule has 8 heteroatoms. The molecular formula is C22H24N6O2. The van der Waals surface area contributed by atoms with Gasteiger partial charge in [-0.15, -0.1) is 0 Å². The van der Waals surface area contributed by atoms with Crippen LogP contribution in [-0.4, -0.2) is 58.7 Å². The van der Waals surface area contributed by atoms with Crippen LogP contribution in [0, 0.1) is 0 Å². The molecule has 1 saturated heterocycles. The van der Waals surface area contributed by atoms with Crippen LogP contribution < -0.4 is 15.5 Å². The summed E-state index contributed by atoms with van der Waals surface area (Å²) in [5.41, 5.74) is 2.95. The van der Waals surface area contributed by atoms with E-state index in [0.717, 1.165) is 48.5 Å². The number of H-pyrrole nitrogens is 1. The van der Waals surface area contributed by atoms with Crippen molar-refractivity contribution in [1.82, 2.24) is 20.3 Å². The number of fused-ring (bicyclic) bond motifs is 1. The molecule has 1 saturated carbocycles. The highest BCUT2D eigenvalue weighted by Crippen LogP contribution is 2.33. The Balaban J connectivity index is 1.34. The first-order valence-electron chi connectivity index (χ1n) is 10.3. The van der Waals surface area contributed by atoms with E-state index in [-0.39, 0.29) is 11.6 Å². The zero-order chi connectivity index (χ0) is 20.7. The standard InChI is InChI=1S/C22H24N6O2/c1-23-17-18(20(30)19(17)29)27-15-6-2-4-13(10-15)14-5-3-9-28(11-14)22-16-7-8-24-21(16)25-12-26-22/h2,4,6-8,10,12,14,17-18,23,27H,3,5,9,11H2,1H3,(H,24,25,26). The number of hydrogen-bond acceptors (Lipinski definition) is 7. The van der Waals surface area contributed by atoms with Gasteiger partial charge in [0, 0.05) is 30.9 Å². The lowest BCUT2D eigenvalue weighted by molar-refractivity contribution is -0.145. The topological polar surface area (TPSA) is 103 Å². The summed E-state index contributed by atoms with van der Waals surface area (Å²) >= 11 is 0. The molecule has 3 N–H and O–H groups in total. The smallest absolute Gasteiger partial charge is 0.224 e. The number of nitrogens with zero attached hydrogens (tertiary/aromatic N) is 3. The first-order chi connectivity index (χ1) is 14.7. The van der Waals surface area contributed by atoms with Gasteiger partial charge >= 0.3 is 0 Å². The van der Waals surface area contributed by atoms with Crippen molar-refractivity contribution >= 4 is 34.1 Å². The highest BCUT2D eigenvalue weighted by molar-refractivity contribution is 6.49. The maximum Gasteiger partial charge on any atom is 0.224 e. The SMILES string of the molecule is CNC1C(=O)C(=O)C1Nc1cccc(C2CCCN(c3ncnc4[nH]ccc34)C2)c1. The molecule has 1 aliphatic heterocycles. The van der Waals surface area contributed by atoms with E-state index in [1.165, 1.54) is 5.56 Å². The van der Waals surface area contributed by atoms with Crippen LogP contribution in [0.2, 0.25) is 0 Å². The van der Waals surface area contributed by atoms with Gasteiger partial charge in [0.1, 0.15) is 29.9 Å². The summed E-state index contributed by atoms with van der Waals surface area (Å²) in [4.78, 5) is 37.9. The molecule has 0 amide bonds. The van der Waals surface area contributed by atoms with Crippen LogP contribution in [0.5, 0.6) is 0 Å². The molecule has 0 spiro atoms. The van der Waals surface area contributed by atoms with E-state index in [2.05, 4.69) is 42.6 Å². The highest BCUT2D eigenvalue weighted by Gasteiger charge is 2.48. The number of carbonyl (C=O) groups excluding carboxylic acids is 2. The Morgan fingerprint density at radius 2 is 2.00 bits per heavy atom. The summed E-state index contributed by atoms with van der Waals surface area (Å²) < 4.78 is 0. The lowest BCUT2D eigenvalue weighted by Crippen LogP contribution is -2.66. The molecular weight excluding hydrogens is 380 g/mol. The minimum atomic E-state index is -0.497. The Labute approximate surface area is 174 Å². The zero-order valence-corrected chi connectivity index (χ0v) is 16.8. The summed E-state index contributed by atoms with van der Waals surface area (Å²) in [5.74, 6) is 0.622. The Bertz CT molecular complexity index is 1110. The van der Waals surface area contributed by atoms with Crippen LogP contribution in [0.15, 0.2) is 42.9 Å². The fraction of sp³-hybridized carbons (Fsp3) is 0.364. The maximum absolute atomic E-state index is 11.9. The van der Waals surface area contributed by atoms with E-state index in [1.54, 1.807) is 13.4 Å². The van der Waals surface area contributed by atoms with Gasteiger partial charge in [-0.25, -0.2) is 9.97 Å². The van der Waals surface area contributed by atoms with Crippen molar-refractivity contribution in [3.63, 3.8) is 0 Å². The largest absolute Gasteiger partial charge is 0.373 e. The van der Waals surface area contributed by atoms with Gasteiger partial charge in [-0.05, 0) is 43.7 Å². The quantitative estimate of drug-likeness (QED) is 0.558. The first kappa shape index (κ1) is 18.7. The van der Waals surface area contributed by atoms with E-state index in [4.69, 9.17) is 0 Å². The second-order valence-electron chi connectivity index (χ2n) is 7.96. The van der Waals surface area contributed by atoms with Gasteiger partial charge < -0.3 is 20.5 Å². The molecule has 3 atom stereocenters. The van der Waals surface area contributed by atoms with Gasteiger partial charge in [-0.2, -0.15) is 0 Å². The fourth-order valence-corrected chi connectivity index (χ4v) is 4.57. The van der Waals surface area contributed by atoms with Crippen LogP contribution in [0.1, 0.15) is 24.3 Å². The predicted octanol–water partition coefficient (Wildman–Crippen LogP) is 1.86. The van der Waals surface area contributed by atoms with Crippen molar-refractivity contribution in [1.29, 1.82) is 0 Å². The number of hydrogen-bond donors (Lipinski definition) is 3. The van der Waals surface area contributed by atoms with Crippen molar-refractivity contribution in [3.8, 4) is 0 Å². The second-order valence-corrected chi connectivity index (χ2v) is 7.96. The number of nitrogens with one attached hydrogen (secondary N) is 3. The number of carbonyl (C=O) groups is 2. The number of piperidine rings is 1. The summed E-state index contributed by atoms with van der Waals surface area (Å²) in [6.07, 6.45) is 5.68. The number of benzene rings is 1. The number of likely N-dealkylation sites (N-methyl/N-ethyl adjacent to an activating group) is 1. The van der Waals surface area contributed by atoms with Crippen molar-refractivity contribution in [2.24, 2.45) is 0 Å². The number of ketones is 2. The average Bonchev–Trinajstić information content (AvgIpc) is 3.28. The lowest BCUT2D eigenvalue weighted by atomic mass is 9.83. The van der Waals surface area contributed by atoms with Crippen molar-refractivity contribution in [2.75, 3.05) is 30.4 Å². The minimum absolute atomic E-state index is 0.352. The number of Topliss-reactive ketones (excluding diaryl/α,β-unsaturated/α-hetero) is 2. The Hall–Kier alpha value is -3.26. The highest BCUT2D eigenvalue weighted by atomic mass is 16.2. The van der Waals surface area contributed by atoms with E-state index in [0.29, 0.717) is 5.92 Å². The molecule has 1 aliphatic carbocycles. The average molecular weight is 404 g/mol. The van der Waals surface area contributed by atoms with E-state index in [1.807, 2.05) is 24.4 Å². The van der Waals surface area contributed by atoms with Gasteiger partial charge in [0.2, 0.25) is 11.6 Å². The summed E-state index contributed by atoms with van der Waals surface area (Å²) in [7, 11) is 1.70. The third kappa shape index (κ3) is 3.13. The molecule has 8 nitrogen and oxygen atoms in total. The van der Waals surface area contributed by atoms with Crippen molar-refractivity contribution in [2.45, 2.75) is 30.8 Å². The zero-order valence-electron chi connectivity index (χ0n) is 16.8.